The second-order valence-electron chi connectivity index (χ2n) is 6.36. The van der Waals surface area contributed by atoms with Crippen molar-refractivity contribution in [3.05, 3.63) is 40.4 Å². The predicted molar refractivity (Wildman–Crippen MR) is 97.1 cm³/mol. The van der Waals surface area contributed by atoms with Crippen LogP contribution < -0.4 is 5.32 Å². The van der Waals surface area contributed by atoms with Crippen molar-refractivity contribution < 1.29 is 18.0 Å². The number of alkyl halides is 3. The van der Waals surface area contributed by atoms with Gasteiger partial charge in [0.2, 0.25) is 5.91 Å². The summed E-state index contributed by atoms with van der Waals surface area (Å²) in [7, 11) is 2.10. The Balaban J connectivity index is 1.77. The van der Waals surface area contributed by atoms with Gasteiger partial charge in [0.1, 0.15) is 0 Å². The lowest BCUT2D eigenvalue weighted by Gasteiger charge is -2.32. The van der Waals surface area contributed by atoms with Gasteiger partial charge in [0, 0.05) is 43.8 Å². The lowest BCUT2D eigenvalue weighted by atomic mass is 10.1. The summed E-state index contributed by atoms with van der Waals surface area (Å²) in [5.74, 6) is -0.350. The zero-order valence-corrected chi connectivity index (χ0v) is 15.4. The maximum absolute atomic E-state index is 12.7. The van der Waals surface area contributed by atoms with Gasteiger partial charge in [-0.25, -0.2) is 0 Å². The molecule has 0 aromatic heterocycles. The van der Waals surface area contributed by atoms with E-state index in [1.165, 1.54) is 18.2 Å². The van der Waals surface area contributed by atoms with E-state index in [0.29, 0.717) is 6.54 Å². The lowest BCUT2D eigenvalue weighted by molar-refractivity contribution is -0.137. The molecule has 0 aliphatic carbocycles. The molecule has 1 amide bonds. The monoisotopic (exact) mass is 389 g/mol. The van der Waals surface area contributed by atoms with Gasteiger partial charge in [-0.15, -0.1) is 0 Å². The SMILES string of the molecule is CN1CCN(CCCNC(=O)C=Cc2cc(C(F)(F)F)ccc2Cl)CC1. The Labute approximate surface area is 156 Å². The van der Waals surface area contributed by atoms with Crippen LogP contribution in [0.3, 0.4) is 0 Å². The third-order valence-electron chi connectivity index (χ3n) is 4.28. The Kier molecular flexibility index (Phi) is 7.49. The van der Waals surface area contributed by atoms with Crippen LogP contribution in [-0.4, -0.2) is 62.0 Å². The van der Waals surface area contributed by atoms with Gasteiger partial charge in [-0.3, -0.25) is 4.79 Å². The summed E-state index contributed by atoms with van der Waals surface area (Å²) in [5.41, 5.74) is -0.636. The van der Waals surface area contributed by atoms with Crippen molar-refractivity contribution in [2.45, 2.75) is 12.6 Å². The first-order valence-corrected chi connectivity index (χ1v) is 8.87. The van der Waals surface area contributed by atoms with Gasteiger partial charge in [0.15, 0.2) is 0 Å². The molecule has 4 nitrogen and oxygen atoms in total. The molecule has 1 saturated heterocycles. The molecule has 0 bridgehead atoms. The van der Waals surface area contributed by atoms with Crippen molar-refractivity contribution in [1.82, 2.24) is 15.1 Å². The van der Waals surface area contributed by atoms with Crippen LogP contribution in [0.25, 0.3) is 6.08 Å². The Morgan fingerprint density at radius 1 is 1.27 bits per heavy atom. The Morgan fingerprint density at radius 3 is 2.62 bits per heavy atom. The molecule has 0 saturated carbocycles. The molecular formula is C18H23ClF3N3O. The second-order valence-corrected chi connectivity index (χ2v) is 6.76. The normalized spacial score (nSPS) is 17.0. The van der Waals surface area contributed by atoms with E-state index in [0.717, 1.165) is 51.3 Å². The topological polar surface area (TPSA) is 35.6 Å². The number of nitrogens with one attached hydrogen (secondary N) is 1. The van der Waals surface area contributed by atoms with Crippen LogP contribution in [0.5, 0.6) is 0 Å². The first-order chi connectivity index (χ1) is 12.3. The molecule has 2 rings (SSSR count). The molecule has 1 heterocycles. The van der Waals surface area contributed by atoms with Crippen LogP contribution in [0, 0.1) is 0 Å². The number of benzene rings is 1. The van der Waals surface area contributed by atoms with Gasteiger partial charge >= 0.3 is 6.18 Å². The molecule has 0 atom stereocenters. The Bertz CT molecular complexity index is 641. The number of nitrogens with zero attached hydrogens (tertiary/aromatic N) is 2. The molecule has 1 aromatic carbocycles. The number of piperazine rings is 1. The van der Waals surface area contributed by atoms with Crippen molar-refractivity contribution in [2.24, 2.45) is 0 Å². The Hall–Kier alpha value is -1.57. The zero-order chi connectivity index (χ0) is 19.2. The molecule has 26 heavy (non-hydrogen) atoms. The number of hydrogen-bond acceptors (Lipinski definition) is 3. The number of halogens is 4. The minimum atomic E-state index is -4.45. The molecule has 0 unspecified atom stereocenters. The summed E-state index contributed by atoms with van der Waals surface area (Å²) in [6.45, 7) is 5.58. The molecule has 0 radical (unpaired) electrons. The van der Waals surface area contributed by atoms with E-state index in [4.69, 9.17) is 11.6 Å². The van der Waals surface area contributed by atoms with Gasteiger partial charge in [-0.1, -0.05) is 11.6 Å². The average molecular weight is 390 g/mol. The summed E-state index contributed by atoms with van der Waals surface area (Å²) in [6, 6.07) is 3.02. The summed E-state index contributed by atoms with van der Waals surface area (Å²) >= 11 is 5.89. The third-order valence-corrected chi connectivity index (χ3v) is 4.63. The standard InChI is InChI=1S/C18H23ClF3N3O/c1-24-9-11-25(12-10-24)8-2-7-23-17(26)6-3-14-13-15(18(20,21)22)4-5-16(14)19/h3-6,13H,2,7-12H2,1H3,(H,23,26). The van der Waals surface area contributed by atoms with E-state index < -0.39 is 11.7 Å². The van der Waals surface area contributed by atoms with E-state index in [1.807, 2.05) is 0 Å². The largest absolute Gasteiger partial charge is 0.416 e. The van der Waals surface area contributed by atoms with Crippen molar-refractivity contribution in [3.8, 4) is 0 Å². The smallest absolute Gasteiger partial charge is 0.353 e. The average Bonchev–Trinajstić information content (AvgIpc) is 2.58. The highest BCUT2D eigenvalue weighted by Gasteiger charge is 2.30. The number of hydrogen-bond donors (Lipinski definition) is 1. The lowest BCUT2D eigenvalue weighted by Crippen LogP contribution is -2.45. The number of likely N-dealkylation sites (N-methyl/N-ethyl adjacent to an activating group) is 1. The van der Waals surface area contributed by atoms with Crippen molar-refractivity contribution in [3.63, 3.8) is 0 Å². The molecule has 1 aromatic rings. The molecule has 1 aliphatic heterocycles. The van der Waals surface area contributed by atoms with Gasteiger partial charge in [0.25, 0.3) is 0 Å². The molecule has 0 spiro atoms. The van der Waals surface area contributed by atoms with Crippen LogP contribution in [0.15, 0.2) is 24.3 Å². The van der Waals surface area contributed by atoms with E-state index in [2.05, 4.69) is 22.2 Å². The highest BCUT2D eigenvalue weighted by atomic mass is 35.5. The van der Waals surface area contributed by atoms with Gasteiger partial charge in [-0.2, -0.15) is 13.2 Å². The first-order valence-electron chi connectivity index (χ1n) is 8.49. The number of carbonyl (C=O) groups is 1. The molecule has 1 fully saturated rings. The minimum absolute atomic E-state index is 0.161. The predicted octanol–water partition coefficient (Wildman–Crippen LogP) is 3.13. The van der Waals surface area contributed by atoms with Crippen molar-refractivity contribution in [2.75, 3.05) is 46.3 Å². The molecule has 1 aliphatic rings. The fourth-order valence-electron chi connectivity index (χ4n) is 2.66. The van der Waals surface area contributed by atoms with Gasteiger partial charge < -0.3 is 15.1 Å². The third kappa shape index (κ3) is 6.63. The number of amides is 1. The molecule has 1 N–H and O–H groups in total. The van der Waals surface area contributed by atoms with Crippen molar-refractivity contribution >= 4 is 23.6 Å². The Morgan fingerprint density at radius 2 is 1.96 bits per heavy atom. The highest BCUT2D eigenvalue weighted by molar-refractivity contribution is 6.32. The van der Waals surface area contributed by atoms with Crippen molar-refractivity contribution in [1.29, 1.82) is 0 Å². The molecule has 8 heteroatoms. The zero-order valence-electron chi connectivity index (χ0n) is 14.7. The molecular weight excluding hydrogens is 367 g/mol. The fraction of sp³-hybridized carbons (Fsp3) is 0.500. The summed E-state index contributed by atoms with van der Waals surface area (Å²) in [4.78, 5) is 16.5. The van der Waals surface area contributed by atoms with Gasteiger partial charge in [-0.05, 0) is 49.9 Å². The van der Waals surface area contributed by atoms with E-state index in [-0.39, 0.29) is 16.5 Å². The van der Waals surface area contributed by atoms with Crippen LogP contribution in [0.4, 0.5) is 13.2 Å². The van der Waals surface area contributed by atoms with Crippen LogP contribution >= 0.6 is 11.6 Å². The maximum Gasteiger partial charge on any atom is 0.416 e. The summed E-state index contributed by atoms with van der Waals surface area (Å²) in [6.07, 6.45) is -1.11. The van der Waals surface area contributed by atoms with Crippen LogP contribution in [0.2, 0.25) is 5.02 Å². The van der Waals surface area contributed by atoms with E-state index >= 15 is 0 Å². The number of rotatable bonds is 6. The van der Waals surface area contributed by atoms with Crippen LogP contribution in [0.1, 0.15) is 17.5 Å². The van der Waals surface area contributed by atoms with Gasteiger partial charge in [0.05, 0.1) is 5.56 Å². The first kappa shape index (κ1) is 20.7. The highest BCUT2D eigenvalue weighted by Crippen LogP contribution is 2.32. The summed E-state index contributed by atoms with van der Waals surface area (Å²) in [5, 5.41) is 2.90. The number of carbonyl (C=O) groups excluding carboxylic acids is 1. The maximum atomic E-state index is 12.7. The summed E-state index contributed by atoms with van der Waals surface area (Å²) < 4.78 is 38.2. The second kappa shape index (κ2) is 9.39. The van der Waals surface area contributed by atoms with Crippen LogP contribution in [-0.2, 0) is 11.0 Å². The fourth-order valence-corrected chi connectivity index (χ4v) is 2.84. The minimum Gasteiger partial charge on any atom is -0.353 e. The molecule has 144 valence electrons. The van der Waals surface area contributed by atoms with E-state index in [1.54, 1.807) is 0 Å². The quantitative estimate of drug-likeness (QED) is 0.600. The van der Waals surface area contributed by atoms with E-state index in [9.17, 15) is 18.0 Å².